The minimum absolute atomic E-state index is 0.204. The van der Waals surface area contributed by atoms with E-state index < -0.39 is 0 Å². The highest BCUT2D eigenvalue weighted by Crippen LogP contribution is 2.20. The molecule has 88 valence electrons. The van der Waals surface area contributed by atoms with Gasteiger partial charge in [-0.3, -0.25) is 9.89 Å². The Hall–Kier alpha value is -2.37. The Morgan fingerprint density at radius 1 is 1.47 bits per heavy atom. The Kier molecular flexibility index (Phi) is 3.04. The normalized spacial score (nSPS) is 10.0. The van der Waals surface area contributed by atoms with Gasteiger partial charge in [0, 0.05) is 18.8 Å². The molecule has 0 aliphatic heterocycles. The van der Waals surface area contributed by atoms with E-state index in [4.69, 9.17) is 4.74 Å². The van der Waals surface area contributed by atoms with Crippen molar-refractivity contribution >= 4 is 11.6 Å². The van der Waals surface area contributed by atoms with Crippen molar-refractivity contribution in [3.8, 4) is 5.75 Å². The SMILES string of the molecule is COc1cccc(N(C)C(=O)c2ncn[nH]2)c1. The van der Waals surface area contributed by atoms with Crippen LogP contribution in [-0.4, -0.2) is 35.2 Å². The van der Waals surface area contributed by atoms with Gasteiger partial charge in [-0.05, 0) is 12.1 Å². The molecule has 6 heteroatoms. The van der Waals surface area contributed by atoms with E-state index in [1.807, 2.05) is 18.2 Å². The van der Waals surface area contributed by atoms with Crippen molar-refractivity contribution in [1.82, 2.24) is 15.2 Å². The largest absolute Gasteiger partial charge is 0.497 e. The quantitative estimate of drug-likeness (QED) is 0.859. The van der Waals surface area contributed by atoms with Crippen LogP contribution in [0.2, 0.25) is 0 Å². The van der Waals surface area contributed by atoms with Crippen LogP contribution in [0.3, 0.4) is 0 Å². The van der Waals surface area contributed by atoms with Crippen LogP contribution in [0.4, 0.5) is 5.69 Å². The smallest absolute Gasteiger partial charge is 0.295 e. The van der Waals surface area contributed by atoms with Gasteiger partial charge in [-0.15, -0.1) is 0 Å². The van der Waals surface area contributed by atoms with Gasteiger partial charge in [0.25, 0.3) is 5.91 Å². The molecule has 1 N–H and O–H groups in total. The summed E-state index contributed by atoms with van der Waals surface area (Å²) in [4.78, 5) is 17.2. The van der Waals surface area contributed by atoms with Crippen molar-refractivity contribution in [2.75, 3.05) is 19.1 Å². The van der Waals surface area contributed by atoms with Crippen LogP contribution >= 0.6 is 0 Å². The fourth-order valence-corrected chi connectivity index (χ4v) is 1.40. The average molecular weight is 232 g/mol. The van der Waals surface area contributed by atoms with Gasteiger partial charge in [0.2, 0.25) is 5.82 Å². The molecule has 0 bridgehead atoms. The lowest BCUT2D eigenvalue weighted by Crippen LogP contribution is -2.27. The van der Waals surface area contributed by atoms with Crippen molar-refractivity contribution in [3.05, 3.63) is 36.4 Å². The Bertz CT molecular complexity index is 510. The highest BCUT2D eigenvalue weighted by atomic mass is 16.5. The summed E-state index contributed by atoms with van der Waals surface area (Å²) in [5.41, 5.74) is 0.728. The highest BCUT2D eigenvalue weighted by molar-refractivity contribution is 6.03. The molecule has 2 rings (SSSR count). The van der Waals surface area contributed by atoms with Crippen LogP contribution in [0.1, 0.15) is 10.6 Å². The molecule has 0 saturated heterocycles. The Morgan fingerprint density at radius 3 is 2.94 bits per heavy atom. The van der Waals surface area contributed by atoms with Gasteiger partial charge in [0.1, 0.15) is 12.1 Å². The monoisotopic (exact) mass is 232 g/mol. The van der Waals surface area contributed by atoms with Crippen LogP contribution < -0.4 is 9.64 Å². The molecule has 2 aromatic rings. The number of ether oxygens (including phenoxy) is 1. The first-order valence-corrected chi connectivity index (χ1v) is 5.00. The third kappa shape index (κ3) is 2.25. The maximum absolute atomic E-state index is 12.0. The number of nitrogens with zero attached hydrogens (tertiary/aromatic N) is 3. The lowest BCUT2D eigenvalue weighted by molar-refractivity contribution is 0.0983. The Balaban J connectivity index is 2.24. The lowest BCUT2D eigenvalue weighted by Gasteiger charge is -2.16. The molecule has 0 spiro atoms. The number of H-pyrrole nitrogens is 1. The van der Waals surface area contributed by atoms with E-state index in [0.717, 1.165) is 5.69 Å². The fourth-order valence-electron chi connectivity index (χ4n) is 1.40. The third-order valence-electron chi connectivity index (χ3n) is 2.36. The van der Waals surface area contributed by atoms with Crippen LogP contribution in [0, 0.1) is 0 Å². The predicted molar refractivity (Wildman–Crippen MR) is 62.1 cm³/mol. The molecule has 0 radical (unpaired) electrons. The minimum Gasteiger partial charge on any atom is -0.497 e. The van der Waals surface area contributed by atoms with Crippen LogP contribution in [0.15, 0.2) is 30.6 Å². The van der Waals surface area contributed by atoms with E-state index in [2.05, 4.69) is 15.2 Å². The molecule has 1 heterocycles. The topological polar surface area (TPSA) is 71.1 Å². The number of aromatic amines is 1. The molecule has 17 heavy (non-hydrogen) atoms. The van der Waals surface area contributed by atoms with Crippen LogP contribution in [-0.2, 0) is 0 Å². The van der Waals surface area contributed by atoms with Gasteiger partial charge in [-0.25, -0.2) is 4.98 Å². The Labute approximate surface area is 98.2 Å². The summed E-state index contributed by atoms with van der Waals surface area (Å²) >= 11 is 0. The molecule has 0 saturated carbocycles. The molecule has 1 amide bonds. The standard InChI is InChI=1S/C11H12N4O2/c1-15(11(16)10-12-7-13-14-10)8-4-3-5-9(6-8)17-2/h3-7H,1-2H3,(H,12,13,14). The number of carbonyl (C=O) groups excluding carboxylic acids is 1. The summed E-state index contributed by atoms with van der Waals surface area (Å²) in [6.45, 7) is 0. The summed E-state index contributed by atoms with van der Waals surface area (Å²) < 4.78 is 5.10. The van der Waals surface area contributed by atoms with Gasteiger partial charge >= 0.3 is 0 Å². The maximum atomic E-state index is 12.0. The van der Waals surface area contributed by atoms with E-state index in [1.165, 1.54) is 11.2 Å². The van der Waals surface area contributed by atoms with Crippen LogP contribution in [0.5, 0.6) is 5.75 Å². The average Bonchev–Trinajstić information content (AvgIpc) is 2.91. The van der Waals surface area contributed by atoms with Crippen molar-refractivity contribution in [2.24, 2.45) is 0 Å². The fraction of sp³-hybridized carbons (Fsp3) is 0.182. The molecular formula is C11H12N4O2. The van der Waals surface area contributed by atoms with E-state index >= 15 is 0 Å². The lowest BCUT2D eigenvalue weighted by atomic mass is 10.2. The molecule has 6 nitrogen and oxygen atoms in total. The number of anilines is 1. The number of nitrogens with one attached hydrogen (secondary N) is 1. The third-order valence-corrected chi connectivity index (χ3v) is 2.36. The maximum Gasteiger partial charge on any atom is 0.295 e. The van der Waals surface area contributed by atoms with Gasteiger partial charge in [0.15, 0.2) is 0 Å². The second-order valence-electron chi connectivity index (χ2n) is 3.40. The number of hydrogen-bond acceptors (Lipinski definition) is 4. The van der Waals surface area contributed by atoms with Gasteiger partial charge in [-0.2, -0.15) is 5.10 Å². The molecular weight excluding hydrogens is 220 g/mol. The summed E-state index contributed by atoms with van der Waals surface area (Å²) in [5.74, 6) is 0.644. The van der Waals surface area contributed by atoms with Crippen molar-refractivity contribution in [1.29, 1.82) is 0 Å². The number of aromatic nitrogens is 3. The number of rotatable bonds is 3. The Morgan fingerprint density at radius 2 is 2.29 bits per heavy atom. The number of methoxy groups -OCH3 is 1. The summed E-state index contributed by atoms with van der Waals surface area (Å²) in [6, 6.07) is 7.22. The first-order chi connectivity index (χ1) is 8.22. The van der Waals surface area contributed by atoms with Crippen molar-refractivity contribution in [3.63, 3.8) is 0 Å². The summed E-state index contributed by atoms with van der Waals surface area (Å²) in [5, 5.41) is 6.18. The van der Waals surface area contributed by atoms with Gasteiger partial charge in [-0.1, -0.05) is 6.07 Å². The van der Waals surface area contributed by atoms with Crippen LogP contribution in [0.25, 0.3) is 0 Å². The van der Waals surface area contributed by atoms with E-state index in [0.29, 0.717) is 5.75 Å². The number of carbonyl (C=O) groups is 1. The molecule has 0 fully saturated rings. The zero-order valence-electron chi connectivity index (χ0n) is 9.54. The zero-order chi connectivity index (χ0) is 12.3. The minimum atomic E-state index is -0.254. The molecule has 1 aromatic carbocycles. The van der Waals surface area contributed by atoms with Gasteiger partial charge in [0.05, 0.1) is 7.11 Å². The van der Waals surface area contributed by atoms with Gasteiger partial charge < -0.3 is 9.64 Å². The first-order valence-electron chi connectivity index (χ1n) is 5.00. The second kappa shape index (κ2) is 4.65. The summed E-state index contributed by atoms with van der Waals surface area (Å²) in [7, 11) is 3.25. The first kappa shape index (κ1) is 11.1. The molecule has 0 unspecified atom stereocenters. The second-order valence-corrected chi connectivity index (χ2v) is 3.40. The van der Waals surface area contributed by atoms with E-state index in [1.54, 1.807) is 20.2 Å². The molecule has 1 aromatic heterocycles. The van der Waals surface area contributed by atoms with Crippen molar-refractivity contribution in [2.45, 2.75) is 0 Å². The highest BCUT2D eigenvalue weighted by Gasteiger charge is 2.16. The molecule has 0 aliphatic carbocycles. The number of amides is 1. The predicted octanol–water partition coefficient (Wildman–Crippen LogP) is 1.09. The summed E-state index contributed by atoms with van der Waals surface area (Å²) in [6.07, 6.45) is 1.30. The molecule has 0 aliphatic rings. The molecule has 0 atom stereocenters. The number of benzene rings is 1. The van der Waals surface area contributed by atoms with Crippen molar-refractivity contribution < 1.29 is 9.53 Å². The van der Waals surface area contributed by atoms with E-state index in [-0.39, 0.29) is 11.7 Å². The van der Waals surface area contributed by atoms with E-state index in [9.17, 15) is 4.79 Å². The number of hydrogen-bond donors (Lipinski definition) is 1. The zero-order valence-corrected chi connectivity index (χ0v) is 9.54.